The van der Waals surface area contributed by atoms with Gasteiger partial charge in [0, 0.05) is 92.0 Å². The zero-order chi connectivity index (χ0) is 28.0. The number of hydrogen-bond acceptors (Lipinski definition) is 8. The molecule has 41 heavy (non-hydrogen) atoms. The van der Waals surface area contributed by atoms with Crippen molar-refractivity contribution in [1.29, 1.82) is 0 Å². The largest absolute Gasteiger partial charge is 0.345 e. The van der Waals surface area contributed by atoms with E-state index in [1.54, 1.807) is 34.1 Å². The highest BCUT2D eigenvalue weighted by molar-refractivity contribution is 7.89. The van der Waals surface area contributed by atoms with Crippen LogP contribution in [0.5, 0.6) is 0 Å². The van der Waals surface area contributed by atoms with Crippen LogP contribution in [0.25, 0.3) is 10.9 Å². The third-order valence-corrected chi connectivity index (χ3v) is 10.9. The highest BCUT2D eigenvalue weighted by atomic mass is 35.5. The Morgan fingerprint density at radius 1 is 1.15 bits per heavy atom. The Morgan fingerprint density at radius 3 is 2.71 bits per heavy atom. The fourth-order valence-corrected chi connectivity index (χ4v) is 8.27. The minimum absolute atomic E-state index is 0. The van der Waals surface area contributed by atoms with Gasteiger partial charge in [-0.25, -0.2) is 13.4 Å². The molecule has 0 radical (unpaired) electrons. The van der Waals surface area contributed by atoms with Gasteiger partial charge in [0.05, 0.1) is 11.7 Å². The fourth-order valence-electron chi connectivity index (χ4n) is 5.61. The van der Waals surface area contributed by atoms with Gasteiger partial charge in [-0.05, 0) is 31.2 Å². The number of H-pyrrole nitrogens is 1. The zero-order valence-electron chi connectivity index (χ0n) is 22.6. The van der Waals surface area contributed by atoms with Crippen LogP contribution in [0.1, 0.15) is 33.7 Å². The normalized spacial score (nSPS) is 21.9. The van der Waals surface area contributed by atoms with E-state index in [-0.39, 0.29) is 61.3 Å². The van der Waals surface area contributed by atoms with Gasteiger partial charge in [0.15, 0.2) is 5.01 Å². The monoisotopic (exact) mass is 641 g/mol. The molecule has 0 saturated carbocycles. The third kappa shape index (κ3) is 6.12. The third-order valence-electron chi connectivity index (χ3n) is 7.83. The molecule has 6 rings (SSSR count). The lowest BCUT2D eigenvalue weighted by molar-refractivity contribution is -0.133. The molecule has 3 aliphatic rings. The molecule has 2 fully saturated rings. The van der Waals surface area contributed by atoms with E-state index >= 15 is 0 Å². The van der Waals surface area contributed by atoms with E-state index in [0.29, 0.717) is 53.7 Å². The minimum atomic E-state index is -3.91. The predicted octanol–water partition coefficient (Wildman–Crippen LogP) is 2.07. The van der Waals surface area contributed by atoms with Crippen LogP contribution >= 0.6 is 35.3 Å². The summed E-state index contributed by atoms with van der Waals surface area (Å²) in [6.07, 6.45) is 0.801. The molecule has 11 nitrogen and oxygen atoms in total. The summed E-state index contributed by atoms with van der Waals surface area (Å²) in [7, 11) is -3.91. The summed E-state index contributed by atoms with van der Waals surface area (Å²) in [6, 6.07) is 6.40. The van der Waals surface area contributed by atoms with Crippen molar-refractivity contribution >= 4 is 68.1 Å². The molecule has 2 amide bonds. The zero-order valence-corrected chi connectivity index (χ0v) is 25.8. The number of sulfonamides is 1. The number of rotatable bonds is 5. The summed E-state index contributed by atoms with van der Waals surface area (Å²) < 4.78 is 28.8. The van der Waals surface area contributed by atoms with Crippen LogP contribution in [0.15, 0.2) is 29.3 Å². The topological polar surface area (TPSA) is 131 Å². The average molecular weight is 643 g/mol. The van der Waals surface area contributed by atoms with Crippen LogP contribution in [-0.2, 0) is 27.8 Å². The molecule has 2 saturated heterocycles. The van der Waals surface area contributed by atoms with Crippen LogP contribution in [-0.4, -0.2) is 102 Å². The molecule has 0 spiro atoms. The molecule has 1 aromatic carbocycles. The summed E-state index contributed by atoms with van der Waals surface area (Å²) in [6.45, 7) is 5.66. The van der Waals surface area contributed by atoms with E-state index in [4.69, 9.17) is 11.6 Å². The Kier molecular flexibility index (Phi) is 8.95. The number of nitrogens with one attached hydrogen (secondary N) is 3. The Labute approximate surface area is 254 Å². The van der Waals surface area contributed by atoms with Crippen LogP contribution in [0.3, 0.4) is 0 Å². The molecule has 2 atom stereocenters. The summed E-state index contributed by atoms with van der Waals surface area (Å²) in [5, 5.41) is 8.30. The number of hydrogen-bond donors (Lipinski definition) is 3. The van der Waals surface area contributed by atoms with Gasteiger partial charge >= 0.3 is 0 Å². The summed E-state index contributed by atoms with van der Waals surface area (Å²) in [4.78, 5) is 39.2. The highest BCUT2D eigenvalue weighted by Crippen LogP contribution is 2.29. The van der Waals surface area contributed by atoms with Gasteiger partial charge in [0.2, 0.25) is 5.91 Å². The molecule has 5 heterocycles. The lowest BCUT2D eigenvalue weighted by Crippen LogP contribution is -2.58. The number of aromatic amines is 1. The van der Waals surface area contributed by atoms with Crippen LogP contribution < -0.4 is 10.6 Å². The molecule has 0 bridgehead atoms. The van der Waals surface area contributed by atoms with E-state index < -0.39 is 16.1 Å². The number of amides is 2. The molecule has 2 unspecified atom stereocenters. The number of carbonyl (C=O) groups excluding carboxylic acids is 2. The van der Waals surface area contributed by atoms with Gasteiger partial charge in [-0.15, -0.1) is 23.7 Å². The lowest BCUT2D eigenvalue weighted by atomic mass is 10.1. The molecule has 3 aliphatic heterocycles. The highest BCUT2D eigenvalue weighted by Gasteiger charge is 2.40. The number of aromatic nitrogens is 2. The Balaban J connectivity index is 0.00000337. The van der Waals surface area contributed by atoms with Crippen LogP contribution in [0.4, 0.5) is 0 Å². The number of nitrogens with zero attached hydrogens (tertiary/aromatic N) is 4. The molecule has 3 aromatic rings. The average Bonchev–Trinajstić information content (AvgIpc) is 3.57. The fraction of sp³-hybridized carbons (Fsp3) is 0.500. The van der Waals surface area contributed by atoms with E-state index in [1.165, 1.54) is 15.6 Å². The SMILES string of the molecule is CC1Cc2nc(C(=O)N3CCN(S(=O)(=O)c4cc5cc(Cl)ccc5[nH]4)CC3CC(=O)N3CCNCC3)sc2CN1.Cl. The van der Waals surface area contributed by atoms with E-state index in [9.17, 15) is 18.0 Å². The molecule has 15 heteroatoms. The van der Waals surface area contributed by atoms with Gasteiger partial charge < -0.3 is 25.4 Å². The van der Waals surface area contributed by atoms with Crippen molar-refractivity contribution in [2.75, 3.05) is 45.8 Å². The second-order valence-electron chi connectivity index (χ2n) is 10.6. The van der Waals surface area contributed by atoms with Crippen molar-refractivity contribution in [3.05, 3.63) is 44.9 Å². The van der Waals surface area contributed by atoms with Gasteiger partial charge in [-0.2, -0.15) is 4.31 Å². The van der Waals surface area contributed by atoms with Gasteiger partial charge in [-0.1, -0.05) is 11.6 Å². The number of halogens is 2. The summed E-state index contributed by atoms with van der Waals surface area (Å²) in [5.41, 5.74) is 1.60. The summed E-state index contributed by atoms with van der Waals surface area (Å²) >= 11 is 7.48. The van der Waals surface area contributed by atoms with Crippen LogP contribution in [0.2, 0.25) is 5.02 Å². The van der Waals surface area contributed by atoms with Gasteiger partial charge in [0.1, 0.15) is 5.03 Å². The van der Waals surface area contributed by atoms with Gasteiger partial charge in [0.25, 0.3) is 15.9 Å². The standard InChI is InChI=1S/C26H32ClN7O4S2.ClH/c1-16-10-21-22(14-29-16)39-25(31-21)26(36)34-9-8-33(15-19(34)13-24(35)32-6-4-28-5-7-32)40(37,38)23-12-17-11-18(27)2-3-20(17)30-23;/h2-3,11-12,16,19,28-30H,4-10,13-15H2,1H3;1H. The second kappa shape index (κ2) is 12.2. The maximum Gasteiger partial charge on any atom is 0.283 e. The number of piperazine rings is 2. The number of carbonyl (C=O) groups is 2. The lowest BCUT2D eigenvalue weighted by Gasteiger charge is -2.41. The van der Waals surface area contributed by atoms with Crippen molar-refractivity contribution in [3.63, 3.8) is 0 Å². The second-order valence-corrected chi connectivity index (χ2v) is 14.0. The Bertz CT molecular complexity index is 1550. The smallest absolute Gasteiger partial charge is 0.283 e. The molecular weight excluding hydrogens is 609 g/mol. The first-order valence-electron chi connectivity index (χ1n) is 13.5. The van der Waals surface area contributed by atoms with E-state index in [2.05, 4.69) is 27.5 Å². The number of fused-ring (bicyclic) bond motifs is 2. The van der Waals surface area contributed by atoms with Gasteiger partial charge in [-0.3, -0.25) is 9.59 Å². The first-order valence-corrected chi connectivity index (χ1v) is 16.1. The van der Waals surface area contributed by atoms with Crippen molar-refractivity contribution in [1.82, 2.24) is 34.7 Å². The van der Waals surface area contributed by atoms with Crippen LogP contribution in [0, 0.1) is 0 Å². The van der Waals surface area contributed by atoms with Crippen molar-refractivity contribution < 1.29 is 18.0 Å². The number of benzene rings is 1. The Morgan fingerprint density at radius 2 is 1.93 bits per heavy atom. The van der Waals surface area contributed by atoms with Crippen molar-refractivity contribution in [3.8, 4) is 0 Å². The Hall–Kier alpha value is -2.26. The summed E-state index contributed by atoms with van der Waals surface area (Å²) in [5.74, 6) is -0.331. The van der Waals surface area contributed by atoms with E-state index in [0.717, 1.165) is 17.0 Å². The first-order chi connectivity index (χ1) is 19.2. The van der Waals surface area contributed by atoms with E-state index in [1.807, 2.05) is 0 Å². The number of thiazole rings is 1. The molecule has 0 aliphatic carbocycles. The molecule has 2 aromatic heterocycles. The van der Waals surface area contributed by atoms with Crippen molar-refractivity contribution in [2.24, 2.45) is 0 Å². The molecule has 222 valence electrons. The maximum absolute atomic E-state index is 13.8. The predicted molar refractivity (Wildman–Crippen MR) is 160 cm³/mol. The molecular formula is C26H33Cl2N7O4S2. The minimum Gasteiger partial charge on any atom is -0.345 e. The first kappa shape index (κ1) is 30.2. The van der Waals surface area contributed by atoms with Crippen molar-refractivity contribution in [2.45, 2.75) is 43.4 Å². The molecule has 3 N–H and O–H groups in total. The quantitative estimate of drug-likeness (QED) is 0.389. The maximum atomic E-state index is 13.8.